The first-order chi connectivity index (χ1) is 13.2. The van der Waals surface area contributed by atoms with Gasteiger partial charge in [-0.1, -0.05) is 60.7 Å². The number of hydrogen-bond donors (Lipinski definition) is 0. The summed E-state index contributed by atoms with van der Waals surface area (Å²) in [6.07, 6.45) is 0.654. The summed E-state index contributed by atoms with van der Waals surface area (Å²) in [4.78, 5) is 25.0. The van der Waals surface area contributed by atoms with E-state index in [4.69, 9.17) is 9.15 Å². The van der Waals surface area contributed by atoms with E-state index in [-0.39, 0.29) is 16.6 Å². The van der Waals surface area contributed by atoms with Crippen molar-refractivity contribution in [3.8, 4) is 28.2 Å². The van der Waals surface area contributed by atoms with Crippen LogP contribution < -0.4 is 10.2 Å². The zero-order valence-electron chi connectivity index (χ0n) is 14.6. The first-order valence-corrected chi connectivity index (χ1v) is 8.48. The molecule has 27 heavy (non-hydrogen) atoms. The molecule has 0 aliphatic heterocycles. The van der Waals surface area contributed by atoms with Crippen molar-refractivity contribution in [1.82, 2.24) is 0 Å². The summed E-state index contributed by atoms with van der Waals surface area (Å²) in [5, 5.41) is 0.344. The first-order valence-electron chi connectivity index (χ1n) is 8.48. The fraction of sp³-hybridized carbons (Fsp3) is 0.0435. The number of methoxy groups -OCH3 is 1. The van der Waals surface area contributed by atoms with E-state index in [1.807, 2.05) is 60.7 Å². The normalized spacial score (nSPS) is 10.7. The highest BCUT2D eigenvalue weighted by atomic mass is 16.5. The molecule has 4 nitrogen and oxygen atoms in total. The molecule has 1 aromatic heterocycles. The van der Waals surface area contributed by atoms with Crippen LogP contribution in [0.15, 0.2) is 82.0 Å². The molecule has 0 atom stereocenters. The summed E-state index contributed by atoms with van der Waals surface area (Å²) in [7, 11) is 1.47. The number of carbonyl (C=O) groups is 1. The third-order valence-corrected chi connectivity index (χ3v) is 4.50. The van der Waals surface area contributed by atoms with Gasteiger partial charge in [-0.25, -0.2) is 0 Å². The van der Waals surface area contributed by atoms with Gasteiger partial charge in [0.05, 0.1) is 23.6 Å². The minimum Gasteiger partial charge on any atom is -0.496 e. The van der Waals surface area contributed by atoms with Gasteiger partial charge in [-0.2, -0.15) is 0 Å². The van der Waals surface area contributed by atoms with Crippen LogP contribution in [0.2, 0.25) is 0 Å². The molecule has 1 heterocycles. The molecule has 0 aliphatic rings. The number of hydrogen-bond acceptors (Lipinski definition) is 4. The molecule has 0 N–H and O–H groups in total. The Labute approximate surface area is 155 Å². The lowest BCUT2D eigenvalue weighted by Crippen LogP contribution is -2.09. The lowest BCUT2D eigenvalue weighted by molar-refractivity contribution is 0.112. The van der Waals surface area contributed by atoms with E-state index in [0.29, 0.717) is 28.7 Å². The second-order valence-electron chi connectivity index (χ2n) is 6.04. The summed E-state index contributed by atoms with van der Waals surface area (Å²) in [6, 6.07) is 22.0. The average Bonchev–Trinajstić information content (AvgIpc) is 2.74. The molecule has 0 bridgehead atoms. The highest BCUT2D eigenvalue weighted by molar-refractivity contribution is 6.00. The van der Waals surface area contributed by atoms with Crippen molar-refractivity contribution >= 4 is 17.3 Å². The maximum absolute atomic E-state index is 13.4. The second-order valence-corrected chi connectivity index (χ2v) is 6.04. The number of aldehydes is 1. The first kappa shape index (κ1) is 16.8. The van der Waals surface area contributed by atoms with Crippen molar-refractivity contribution in [3.63, 3.8) is 0 Å². The van der Waals surface area contributed by atoms with Crippen LogP contribution >= 0.6 is 0 Å². The second kappa shape index (κ2) is 6.92. The maximum Gasteiger partial charge on any atom is 0.201 e. The summed E-state index contributed by atoms with van der Waals surface area (Å²) in [5.74, 6) is 0.794. The standard InChI is InChI=1S/C23H16O4/c1-26-19-13-12-17-21(25)20(15-8-4-2-5-9-15)22(16-10-6-3-7-11-16)27-23(17)18(19)14-24/h2-14H,1H3. The zero-order valence-corrected chi connectivity index (χ0v) is 14.6. The molecule has 4 heteroatoms. The van der Waals surface area contributed by atoms with Crippen molar-refractivity contribution < 1.29 is 13.9 Å². The van der Waals surface area contributed by atoms with Crippen LogP contribution in [-0.2, 0) is 0 Å². The van der Waals surface area contributed by atoms with Crippen LogP contribution in [0, 0.1) is 0 Å². The van der Waals surface area contributed by atoms with Gasteiger partial charge in [-0.3, -0.25) is 9.59 Å². The van der Waals surface area contributed by atoms with Gasteiger partial charge < -0.3 is 9.15 Å². The van der Waals surface area contributed by atoms with E-state index in [0.717, 1.165) is 11.1 Å². The molecule has 4 rings (SSSR count). The van der Waals surface area contributed by atoms with Gasteiger partial charge in [0.1, 0.15) is 11.5 Å². The summed E-state index contributed by atoms with van der Waals surface area (Å²) in [5.41, 5.74) is 2.26. The van der Waals surface area contributed by atoms with Crippen LogP contribution in [-0.4, -0.2) is 13.4 Å². The van der Waals surface area contributed by atoms with Gasteiger partial charge in [0.25, 0.3) is 0 Å². The molecule has 0 radical (unpaired) electrons. The van der Waals surface area contributed by atoms with Crippen LogP contribution in [0.3, 0.4) is 0 Å². The topological polar surface area (TPSA) is 56.5 Å². The van der Waals surface area contributed by atoms with E-state index in [2.05, 4.69) is 0 Å². The Kier molecular flexibility index (Phi) is 4.30. The quantitative estimate of drug-likeness (QED) is 0.486. The van der Waals surface area contributed by atoms with Crippen molar-refractivity contribution in [2.45, 2.75) is 0 Å². The SMILES string of the molecule is COc1ccc2c(=O)c(-c3ccccc3)c(-c3ccccc3)oc2c1C=O. The molecule has 0 spiro atoms. The molecule has 0 aliphatic carbocycles. The zero-order chi connectivity index (χ0) is 18.8. The lowest BCUT2D eigenvalue weighted by atomic mass is 9.97. The number of fused-ring (bicyclic) bond motifs is 1. The molecule has 132 valence electrons. The van der Waals surface area contributed by atoms with E-state index < -0.39 is 0 Å². The molecule has 3 aromatic carbocycles. The number of benzene rings is 3. The highest BCUT2D eigenvalue weighted by Crippen LogP contribution is 2.35. The molecule has 4 aromatic rings. The van der Waals surface area contributed by atoms with Crippen molar-refractivity contribution in [3.05, 3.63) is 88.6 Å². The van der Waals surface area contributed by atoms with Gasteiger partial charge in [0.2, 0.25) is 5.43 Å². The Morgan fingerprint density at radius 2 is 1.48 bits per heavy atom. The molecule has 0 saturated heterocycles. The third-order valence-electron chi connectivity index (χ3n) is 4.50. The third kappa shape index (κ3) is 2.81. The van der Waals surface area contributed by atoms with Gasteiger partial charge in [0.15, 0.2) is 11.9 Å². The Hall–Kier alpha value is -3.66. The van der Waals surface area contributed by atoms with Gasteiger partial charge >= 0.3 is 0 Å². The largest absolute Gasteiger partial charge is 0.496 e. The average molecular weight is 356 g/mol. The van der Waals surface area contributed by atoms with E-state index in [1.54, 1.807) is 12.1 Å². The summed E-state index contributed by atoms with van der Waals surface area (Å²) >= 11 is 0. The molecule has 0 unspecified atom stereocenters. The molecule has 0 fully saturated rings. The minimum absolute atomic E-state index is 0.188. The Bertz CT molecular complexity index is 1180. The summed E-state index contributed by atoms with van der Waals surface area (Å²) < 4.78 is 11.4. The predicted octanol–water partition coefficient (Wildman–Crippen LogP) is 4.95. The number of rotatable bonds is 4. The van der Waals surface area contributed by atoms with E-state index in [9.17, 15) is 9.59 Å². The Balaban J connectivity index is 2.17. The molecule has 0 saturated carbocycles. The van der Waals surface area contributed by atoms with Crippen LogP contribution in [0.1, 0.15) is 10.4 Å². The molecular weight excluding hydrogens is 340 g/mol. The van der Waals surface area contributed by atoms with Crippen LogP contribution in [0.25, 0.3) is 33.4 Å². The van der Waals surface area contributed by atoms with Gasteiger partial charge in [-0.05, 0) is 17.7 Å². The van der Waals surface area contributed by atoms with E-state index >= 15 is 0 Å². The molecule has 0 amide bonds. The van der Waals surface area contributed by atoms with Gasteiger partial charge in [0, 0.05) is 5.56 Å². The minimum atomic E-state index is -0.188. The predicted molar refractivity (Wildman–Crippen MR) is 105 cm³/mol. The maximum atomic E-state index is 13.4. The van der Waals surface area contributed by atoms with Crippen LogP contribution in [0.4, 0.5) is 0 Å². The monoisotopic (exact) mass is 356 g/mol. The fourth-order valence-electron chi connectivity index (χ4n) is 3.21. The smallest absolute Gasteiger partial charge is 0.201 e. The Morgan fingerprint density at radius 1 is 0.852 bits per heavy atom. The lowest BCUT2D eigenvalue weighted by Gasteiger charge is -2.13. The Morgan fingerprint density at radius 3 is 2.07 bits per heavy atom. The van der Waals surface area contributed by atoms with Crippen molar-refractivity contribution in [1.29, 1.82) is 0 Å². The highest BCUT2D eigenvalue weighted by Gasteiger charge is 2.20. The van der Waals surface area contributed by atoms with Crippen LogP contribution in [0.5, 0.6) is 5.75 Å². The fourth-order valence-corrected chi connectivity index (χ4v) is 3.21. The molecular formula is C23H16O4. The number of ether oxygens (including phenoxy) is 1. The van der Waals surface area contributed by atoms with Crippen molar-refractivity contribution in [2.24, 2.45) is 0 Å². The van der Waals surface area contributed by atoms with E-state index in [1.165, 1.54) is 7.11 Å². The number of carbonyl (C=O) groups excluding carboxylic acids is 1. The van der Waals surface area contributed by atoms with Gasteiger partial charge in [-0.15, -0.1) is 0 Å². The summed E-state index contributed by atoms with van der Waals surface area (Å²) in [6.45, 7) is 0. The van der Waals surface area contributed by atoms with Crippen molar-refractivity contribution in [2.75, 3.05) is 7.11 Å².